The van der Waals surface area contributed by atoms with Crippen LogP contribution in [0.2, 0.25) is 0 Å². The highest BCUT2D eigenvalue weighted by molar-refractivity contribution is 9.13. The zero-order valence-corrected chi connectivity index (χ0v) is 18.8. The normalized spacial score (nSPS) is 19.1. The number of carbonyl (C=O) groups is 1. The molecule has 10 heteroatoms. The van der Waals surface area contributed by atoms with E-state index in [-0.39, 0.29) is 22.8 Å². The molecule has 1 aromatic rings. The Hall–Kier alpha value is -2.30. The van der Waals surface area contributed by atoms with Crippen molar-refractivity contribution in [1.29, 1.82) is 0 Å². The molecule has 0 atom stereocenters. The molecule has 0 aromatic heterocycles. The fraction of sp³-hybridized carbons (Fsp3) is 0.263. The predicted molar refractivity (Wildman–Crippen MR) is 118 cm³/mol. The van der Waals surface area contributed by atoms with Gasteiger partial charge in [-0.2, -0.15) is 4.74 Å². The Labute approximate surface area is 184 Å². The van der Waals surface area contributed by atoms with Gasteiger partial charge in [0.25, 0.3) is 5.71 Å². The van der Waals surface area contributed by atoms with Crippen LogP contribution in [0.4, 0.5) is 16.2 Å². The van der Waals surface area contributed by atoms with Gasteiger partial charge >= 0.3 is 6.09 Å². The summed E-state index contributed by atoms with van der Waals surface area (Å²) < 4.78 is 7.18. The monoisotopic (exact) mass is 524 g/mol. The summed E-state index contributed by atoms with van der Waals surface area (Å²) in [7, 11) is 1.98. The Bertz CT molecular complexity index is 963. The molecule has 1 amide bonds. The first-order valence-electron chi connectivity index (χ1n) is 8.71. The van der Waals surface area contributed by atoms with Crippen LogP contribution in [-0.2, 0) is 4.74 Å². The third-order valence-electron chi connectivity index (χ3n) is 4.58. The van der Waals surface area contributed by atoms with Crippen molar-refractivity contribution in [3.8, 4) is 0 Å². The molecule has 1 saturated heterocycles. The first kappa shape index (κ1) is 21.4. The van der Waals surface area contributed by atoms with E-state index in [0.29, 0.717) is 32.3 Å². The summed E-state index contributed by atoms with van der Waals surface area (Å²) in [6.45, 7) is 6.43. The van der Waals surface area contributed by atoms with Crippen molar-refractivity contribution < 1.29 is 14.3 Å². The summed E-state index contributed by atoms with van der Waals surface area (Å²) in [6.07, 6.45) is 4.24. The highest BCUT2D eigenvalue weighted by atomic mass is 79.9. The standard InChI is InChI=1S/C19H18Br2N4O4/c1-12-4-3-5-17(29-19(26)24-8-6-23(2)7-9-24)18(12)25(28)16-11-14(21)13(20)10-15(16)22-27/h3-5,10-11H,1,6-9H2,2H3/b25-18-. The summed E-state index contributed by atoms with van der Waals surface area (Å²) in [4.78, 5) is 27.5. The molecule has 0 N–H and O–H groups in total. The molecule has 3 rings (SSSR count). The van der Waals surface area contributed by atoms with E-state index in [1.54, 1.807) is 17.1 Å². The van der Waals surface area contributed by atoms with Crippen molar-refractivity contribution in [3.63, 3.8) is 0 Å². The second-order valence-electron chi connectivity index (χ2n) is 6.56. The average Bonchev–Trinajstić information content (AvgIpc) is 2.70. The maximum Gasteiger partial charge on any atom is 0.415 e. The quantitative estimate of drug-likeness (QED) is 0.249. The molecule has 2 aliphatic rings. The number of halogens is 2. The van der Waals surface area contributed by atoms with Gasteiger partial charge in [-0.15, -0.1) is 4.91 Å². The van der Waals surface area contributed by atoms with Gasteiger partial charge in [-0.1, -0.05) is 12.7 Å². The van der Waals surface area contributed by atoms with Gasteiger partial charge in [0.05, 0.1) is 0 Å². The SMILES string of the molecule is C=C1C=CC=C(OC(=O)N2CCN(C)CC2)/C1=[N+](\[O-])c1cc(Br)c(Br)cc1N=O. The van der Waals surface area contributed by atoms with Crippen LogP contribution in [0.15, 0.2) is 62.4 Å². The smallest absolute Gasteiger partial charge is 0.415 e. The van der Waals surface area contributed by atoms with Crippen molar-refractivity contribution in [2.24, 2.45) is 5.18 Å². The molecule has 1 fully saturated rings. The first-order valence-corrected chi connectivity index (χ1v) is 10.3. The molecule has 1 aliphatic carbocycles. The predicted octanol–water partition coefficient (Wildman–Crippen LogP) is 4.59. The van der Waals surface area contributed by atoms with Crippen LogP contribution in [0, 0.1) is 10.1 Å². The van der Waals surface area contributed by atoms with Crippen molar-refractivity contribution >= 4 is 55.0 Å². The zero-order valence-electron chi connectivity index (χ0n) is 15.6. The fourth-order valence-electron chi connectivity index (χ4n) is 2.91. The van der Waals surface area contributed by atoms with Gasteiger partial charge in [0, 0.05) is 46.8 Å². The number of rotatable bonds is 3. The molecular formula is C19H18Br2N4O4. The maximum atomic E-state index is 13.2. The highest BCUT2D eigenvalue weighted by Crippen LogP contribution is 2.37. The molecular weight excluding hydrogens is 508 g/mol. The molecule has 1 heterocycles. The number of piperazine rings is 1. The van der Waals surface area contributed by atoms with E-state index in [9.17, 15) is 14.9 Å². The Balaban J connectivity index is 1.96. The van der Waals surface area contributed by atoms with Gasteiger partial charge < -0.3 is 19.7 Å². The number of nitroso groups, excluding NO2 is 1. The number of nitrogens with zero attached hydrogens (tertiary/aromatic N) is 4. The summed E-state index contributed by atoms with van der Waals surface area (Å²) in [5, 5.41) is 16.1. The topological polar surface area (TPSA) is 88.3 Å². The molecule has 1 aliphatic heterocycles. The van der Waals surface area contributed by atoms with Crippen molar-refractivity contribution in [2.45, 2.75) is 0 Å². The molecule has 0 saturated carbocycles. The number of likely N-dealkylation sites (N-methyl/N-ethyl adjacent to an activating group) is 1. The van der Waals surface area contributed by atoms with Crippen LogP contribution in [0.25, 0.3) is 0 Å². The van der Waals surface area contributed by atoms with Crippen LogP contribution in [0.3, 0.4) is 0 Å². The summed E-state index contributed by atoms with van der Waals surface area (Å²) in [6, 6.07) is 2.89. The molecule has 0 bridgehead atoms. The first-order chi connectivity index (χ1) is 13.8. The van der Waals surface area contributed by atoms with Crippen LogP contribution < -0.4 is 0 Å². The van der Waals surface area contributed by atoms with E-state index in [2.05, 4.69) is 48.5 Å². The van der Waals surface area contributed by atoms with E-state index in [1.165, 1.54) is 18.2 Å². The van der Waals surface area contributed by atoms with E-state index < -0.39 is 6.09 Å². The summed E-state index contributed by atoms with van der Waals surface area (Å²) >= 11 is 6.60. The second-order valence-corrected chi connectivity index (χ2v) is 8.27. The number of allylic oxidation sites excluding steroid dienone is 4. The number of benzene rings is 1. The Kier molecular flexibility index (Phi) is 6.66. The highest BCUT2D eigenvalue weighted by Gasteiger charge is 2.30. The molecule has 29 heavy (non-hydrogen) atoms. The van der Waals surface area contributed by atoms with E-state index in [0.717, 1.165) is 13.1 Å². The Morgan fingerprint density at radius 2 is 1.90 bits per heavy atom. The molecule has 0 radical (unpaired) electrons. The molecule has 0 spiro atoms. The summed E-state index contributed by atoms with van der Waals surface area (Å²) in [5.74, 6) is 0.0623. The number of carbonyl (C=O) groups excluding carboxylic acids is 1. The largest absolute Gasteiger partial charge is 0.618 e. The van der Waals surface area contributed by atoms with Crippen LogP contribution in [0.5, 0.6) is 0 Å². The van der Waals surface area contributed by atoms with Crippen molar-refractivity contribution in [2.75, 3.05) is 33.2 Å². The van der Waals surface area contributed by atoms with E-state index in [1.807, 2.05) is 7.05 Å². The van der Waals surface area contributed by atoms with E-state index >= 15 is 0 Å². The lowest BCUT2D eigenvalue weighted by Crippen LogP contribution is -2.47. The Morgan fingerprint density at radius 3 is 2.55 bits per heavy atom. The fourth-order valence-corrected chi connectivity index (χ4v) is 3.57. The minimum atomic E-state index is -0.538. The lowest BCUT2D eigenvalue weighted by Gasteiger charge is -2.31. The lowest BCUT2D eigenvalue weighted by molar-refractivity contribution is -0.359. The lowest BCUT2D eigenvalue weighted by atomic mass is 10.0. The number of amides is 1. The Morgan fingerprint density at radius 1 is 1.24 bits per heavy atom. The van der Waals surface area contributed by atoms with Gasteiger partial charge in [0.15, 0.2) is 5.69 Å². The minimum absolute atomic E-state index is 0.00284. The van der Waals surface area contributed by atoms with Gasteiger partial charge in [0.2, 0.25) is 11.4 Å². The average molecular weight is 526 g/mol. The number of hydrogen-bond acceptors (Lipinski definition) is 6. The second kappa shape index (κ2) is 9.02. The van der Waals surface area contributed by atoms with Gasteiger partial charge in [-0.25, -0.2) is 4.79 Å². The van der Waals surface area contributed by atoms with Crippen LogP contribution in [0.1, 0.15) is 0 Å². The summed E-state index contributed by atoms with van der Waals surface area (Å²) in [5.41, 5.74) is 0.325. The maximum absolute atomic E-state index is 13.2. The third kappa shape index (κ3) is 4.65. The minimum Gasteiger partial charge on any atom is -0.618 e. The molecule has 1 aromatic carbocycles. The van der Waals surface area contributed by atoms with Crippen LogP contribution >= 0.6 is 31.9 Å². The van der Waals surface area contributed by atoms with Gasteiger partial charge in [-0.3, -0.25) is 0 Å². The zero-order chi connectivity index (χ0) is 21.1. The van der Waals surface area contributed by atoms with Crippen molar-refractivity contribution in [3.05, 3.63) is 67.3 Å². The molecule has 152 valence electrons. The molecule has 0 unspecified atom stereocenters. The number of ether oxygens (including phenoxy) is 1. The van der Waals surface area contributed by atoms with Crippen LogP contribution in [-0.4, -0.2) is 59.6 Å². The van der Waals surface area contributed by atoms with E-state index in [4.69, 9.17) is 4.74 Å². The third-order valence-corrected chi connectivity index (χ3v) is 6.42. The van der Waals surface area contributed by atoms with Gasteiger partial charge in [0.1, 0.15) is 0 Å². The molecule has 8 nitrogen and oxygen atoms in total. The van der Waals surface area contributed by atoms with Crippen molar-refractivity contribution in [1.82, 2.24) is 9.80 Å². The number of hydrogen-bond donors (Lipinski definition) is 0. The van der Waals surface area contributed by atoms with Gasteiger partial charge in [-0.05, 0) is 62.3 Å².